The molecule has 0 bridgehead atoms. The molecule has 2 rings (SSSR count). The summed E-state index contributed by atoms with van der Waals surface area (Å²) in [5.74, 6) is -0.985. The van der Waals surface area contributed by atoms with Crippen molar-refractivity contribution >= 4 is 11.7 Å². The van der Waals surface area contributed by atoms with Gasteiger partial charge in [0.2, 0.25) is 0 Å². The number of aromatic carboxylic acids is 1. The van der Waals surface area contributed by atoms with Crippen molar-refractivity contribution in [3.63, 3.8) is 0 Å². The third-order valence-corrected chi connectivity index (χ3v) is 2.69. The monoisotopic (exact) mass is 260 g/mol. The number of anilines is 1. The van der Waals surface area contributed by atoms with Crippen LogP contribution in [0.3, 0.4) is 0 Å². The minimum absolute atomic E-state index is 0.0554. The van der Waals surface area contributed by atoms with Gasteiger partial charge in [0.1, 0.15) is 5.56 Å². The number of rotatable bonds is 5. The molecule has 0 amide bonds. The lowest BCUT2D eigenvalue weighted by Crippen LogP contribution is -2.23. The Bertz CT molecular complexity index is 566. The third-order valence-electron chi connectivity index (χ3n) is 2.69. The van der Waals surface area contributed by atoms with Gasteiger partial charge < -0.3 is 10.4 Å². The molecule has 0 saturated carbocycles. The first kappa shape index (κ1) is 13.1. The van der Waals surface area contributed by atoms with E-state index in [0.717, 1.165) is 5.69 Å². The fourth-order valence-electron chi connectivity index (χ4n) is 1.85. The van der Waals surface area contributed by atoms with Crippen LogP contribution in [-0.4, -0.2) is 31.9 Å². The van der Waals surface area contributed by atoms with Crippen LogP contribution in [0.25, 0.3) is 0 Å². The van der Waals surface area contributed by atoms with Gasteiger partial charge >= 0.3 is 5.97 Å². The molecule has 6 nitrogen and oxygen atoms in total. The topological polar surface area (TPSA) is 80.0 Å². The summed E-state index contributed by atoms with van der Waals surface area (Å²) in [5, 5.41) is 16.4. The van der Waals surface area contributed by atoms with E-state index in [9.17, 15) is 4.79 Å². The van der Waals surface area contributed by atoms with Crippen molar-refractivity contribution in [3.8, 4) is 0 Å². The highest BCUT2D eigenvalue weighted by Gasteiger charge is 2.13. The van der Waals surface area contributed by atoms with Gasteiger partial charge in [-0.3, -0.25) is 9.67 Å². The summed E-state index contributed by atoms with van der Waals surface area (Å²) >= 11 is 0. The zero-order valence-electron chi connectivity index (χ0n) is 10.9. The second-order valence-electron chi connectivity index (χ2n) is 4.45. The molecule has 0 aliphatic rings. The first-order chi connectivity index (χ1) is 9.06. The molecule has 100 valence electrons. The SMILES string of the molecule is Cc1cc(NC(C)Cn2cccn2)c(C(=O)O)cn1. The molecule has 6 heteroatoms. The average Bonchev–Trinajstić information content (AvgIpc) is 2.81. The van der Waals surface area contributed by atoms with Crippen LogP contribution in [0.5, 0.6) is 0 Å². The summed E-state index contributed by atoms with van der Waals surface area (Å²) in [4.78, 5) is 15.1. The van der Waals surface area contributed by atoms with Crippen LogP contribution in [0, 0.1) is 6.92 Å². The fraction of sp³-hybridized carbons (Fsp3) is 0.308. The molecule has 2 aromatic heterocycles. The van der Waals surface area contributed by atoms with E-state index in [4.69, 9.17) is 5.11 Å². The van der Waals surface area contributed by atoms with Crippen molar-refractivity contribution in [2.24, 2.45) is 0 Å². The molecular weight excluding hydrogens is 244 g/mol. The van der Waals surface area contributed by atoms with Gasteiger partial charge in [-0.25, -0.2) is 4.79 Å². The van der Waals surface area contributed by atoms with Crippen molar-refractivity contribution < 1.29 is 9.90 Å². The molecule has 1 atom stereocenters. The van der Waals surface area contributed by atoms with Crippen molar-refractivity contribution in [1.82, 2.24) is 14.8 Å². The van der Waals surface area contributed by atoms with E-state index in [0.29, 0.717) is 12.2 Å². The van der Waals surface area contributed by atoms with Gasteiger partial charge in [0.25, 0.3) is 0 Å². The number of nitrogens with zero attached hydrogens (tertiary/aromatic N) is 3. The van der Waals surface area contributed by atoms with Crippen LogP contribution < -0.4 is 5.32 Å². The third kappa shape index (κ3) is 3.31. The highest BCUT2D eigenvalue weighted by atomic mass is 16.4. The van der Waals surface area contributed by atoms with Crippen molar-refractivity contribution in [3.05, 3.63) is 42.0 Å². The maximum atomic E-state index is 11.1. The lowest BCUT2D eigenvalue weighted by atomic mass is 10.2. The molecule has 1 unspecified atom stereocenters. The fourth-order valence-corrected chi connectivity index (χ4v) is 1.85. The quantitative estimate of drug-likeness (QED) is 0.856. The van der Waals surface area contributed by atoms with Gasteiger partial charge in [-0.05, 0) is 26.0 Å². The van der Waals surface area contributed by atoms with Gasteiger partial charge in [0.15, 0.2) is 0 Å². The largest absolute Gasteiger partial charge is 0.478 e. The summed E-state index contributed by atoms with van der Waals surface area (Å²) < 4.78 is 1.80. The molecule has 2 heterocycles. The second-order valence-corrected chi connectivity index (χ2v) is 4.45. The normalized spacial score (nSPS) is 12.1. The number of carboxylic acids is 1. The minimum Gasteiger partial charge on any atom is -0.478 e. The van der Waals surface area contributed by atoms with Gasteiger partial charge in [-0.15, -0.1) is 0 Å². The Kier molecular flexibility index (Phi) is 3.79. The molecular formula is C13H16N4O2. The number of pyridine rings is 1. The van der Waals surface area contributed by atoms with E-state index in [1.807, 2.05) is 26.1 Å². The first-order valence-corrected chi connectivity index (χ1v) is 6.00. The Morgan fingerprint density at radius 3 is 3.00 bits per heavy atom. The molecule has 0 radical (unpaired) electrons. The summed E-state index contributed by atoms with van der Waals surface area (Å²) in [5.41, 5.74) is 1.54. The number of aromatic nitrogens is 3. The molecule has 2 N–H and O–H groups in total. The highest BCUT2D eigenvalue weighted by molar-refractivity contribution is 5.93. The number of nitrogens with one attached hydrogen (secondary N) is 1. The summed E-state index contributed by atoms with van der Waals surface area (Å²) in [6, 6.07) is 3.65. The molecule has 0 aliphatic carbocycles. The van der Waals surface area contributed by atoms with Crippen LogP contribution >= 0.6 is 0 Å². The van der Waals surface area contributed by atoms with E-state index in [-0.39, 0.29) is 11.6 Å². The molecule has 0 aromatic carbocycles. The Morgan fingerprint density at radius 1 is 1.58 bits per heavy atom. The summed E-state index contributed by atoms with van der Waals surface area (Å²) in [6.07, 6.45) is 4.96. The molecule has 2 aromatic rings. The number of carboxylic acid groups (broad SMARTS) is 1. The lowest BCUT2D eigenvalue weighted by Gasteiger charge is -2.17. The zero-order chi connectivity index (χ0) is 13.8. The molecule has 19 heavy (non-hydrogen) atoms. The maximum Gasteiger partial charge on any atom is 0.339 e. The second kappa shape index (κ2) is 5.51. The van der Waals surface area contributed by atoms with Crippen molar-refractivity contribution in [2.75, 3.05) is 5.32 Å². The Hall–Kier alpha value is -2.37. The van der Waals surface area contributed by atoms with E-state index in [1.165, 1.54) is 6.20 Å². The van der Waals surface area contributed by atoms with Gasteiger partial charge in [0, 0.05) is 30.3 Å². The van der Waals surface area contributed by atoms with Gasteiger partial charge in [-0.1, -0.05) is 0 Å². The van der Waals surface area contributed by atoms with E-state index in [2.05, 4.69) is 15.4 Å². The number of hydrogen-bond acceptors (Lipinski definition) is 4. The standard InChI is InChI=1S/C13H16N4O2/c1-9-6-12(11(7-14-9)13(18)19)16-10(2)8-17-5-3-4-15-17/h3-7,10H,8H2,1-2H3,(H,14,16)(H,18,19). The summed E-state index contributed by atoms with van der Waals surface area (Å²) in [7, 11) is 0. The zero-order valence-corrected chi connectivity index (χ0v) is 10.9. The Morgan fingerprint density at radius 2 is 2.37 bits per heavy atom. The predicted molar refractivity (Wildman–Crippen MR) is 71.2 cm³/mol. The van der Waals surface area contributed by atoms with Crippen molar-refractivity contribution in [1.29, 1.82) is 0 Å². The molecule has 0 fully saturated rings. The summed E-state index contributed by atoms with van der Waals surface area (Å²) in [6.45, 7) is 4.46. The molecule has 0 spiro atoms. The van der Waals surface area contributed by atoms with E-state index in [1.54, 1.807) is 16.9 Å². The minimum atomic E-state index is -0.985. The molecule has 0 saturated heterocycles. The van der Waals surface area contributed by atoms with Crippen LogP contribution in [0.15, 0.2) is 30.7 Å². The van der Waals surface area contributed by atoms with E-state index < -0.39 is 5.97 Å². The molecule has 0 aliphatic heterocycles. The Labute approximate surface area is 111 Å². The highest BCUT2D eigenvalue weighted by Crippen LogP contribution is 2.17. The van der Waals surface area contributed by atoms with E-state index >= 15 is 0 Å². The maximum absolute atomic E-state index is 11.1. The van der Waals surface area contributed by atoms with Crippen molar-refractivity contribution in [2.45, 2.75) is 26.4 Å². The lowest BCUT2D eigenvalue weighted by molar-refractivity contribution is 0.0697. The number of aryl methyl sites for hydroxylation is 1. The smallest absolute Gasteiger partial charge is 0.339 e. The van der Waals surface area contributed by atoms with Crippen LogP contribution in [0.4, 0.5) is 5.69 Å². The Balaban J connectivity index is 2.13. The average molecular weight is 260 g/mol. The first-order valence-electron chi connectivity index (χ1n) is 6.00. The van der Waals surface area contributed by atoms with Gasteiger partial charge in [-0.2, -0.15) is 5.10 Å². The van der Waals surface area contributed by atoms with Crippen LogP contribution in [-0.2, 0) is 6.54 Å². The predicted octanol–water partition coefficient (Wildman–Crippen LogP) is 1.79. The van der Waals surface area contributed by atoms with Crippen LogP contribution in [0.2, 0.25) is 0 Å². The number of carbonyl (C=O) groups is 1. The van der Waals surface area contributed by atoms with Crippen LogP contribution in [0.1, 0.15) is 23.0 Å². The van der Waals surface area contributed by atoms with Gasteiger partial charge in [0.05, 0.1) is 12.2 Å². The number of hydrogen-bond donors (Lipinski definition) is 2.